The Morgan fingerprint density at radius 2 is 2.22 bits per heavy atom. The monoisotopic (exact) mass is 245 g/mol. The van der Waals surface area contributed by atoms with E-state index in [0.29, 0.717) is 5.75 Å². The molecule has 0 aliphatic rings. The molecule has 1 heterocycles. The van der Waals surface area contributed by atoms with E-state index in [2.05, 4.69) is 23.9 Å². The topological polar surface area (TPSA) is 41.3 Å². The average Bonchev–Trinajstić information content (AvgIpc) is 2.74. The third kappa shape index (κ3) is 2.71. The minimum atomic E-state index is 0.230. The molecule has 0 saturated heterocycles. The van der Waals surface area contributed by atoms with Crippen LogP contribution in [0.5, 0.6) is 5.75 Å². The summed E-state index contributed by atoms with van der Waals surface area (Å²) in [5.74, 6) is 1.34. The van der Waals surface area contributed by atoms with Gasteiger partial charge in [-0.1, -0.05) is 12.1 Å². The first-order chi connectivity index (χ1) is 8.58. The Morgan fingerprint density at radius 1 is 1.44 bits per heavy atom. The number of hydrogen-bond donors (Lipinski definition) is 1. The van der Waals surface area contributed by atoms with Gasteiger partial charge in [-0.15, -0.1) is 0 Å². The number of phenols is 1. The van der Waals surface area contributed by atoms with Gasteiger partial charge in [-0.05, 0) is 31.7 Å². The zero-order valence-electron chi connectivity index (χ0n) is 11.0. The van der Waals surface area contributed by atoms with Crippen molar-refractivity contribution in [2.75, 3.05) is 7.05 Å². The number of rotatable bonds is 4. The highest BCUT2D eigenvalue weighted by Gasteiger charge is 2.14. The van der Waals surface area contributed by atoms with Gasteiger partial charge >= 0.3 is 0 Å². The minimum absolute atomic E-state index is 0.230. The first-order valence-electron chi connectivity index (χ1n) is 6.03. The molecule has 4 heteroatoms. The first kappa shape index (κ1) is 12.6. The smallest absolute Gasteiger partial charge is 0.122 e. The largest absolute Gasteiger partial charge is 0.508 e. The fourth-order valence-corrected chi connectivity index (χ4v) is 1.95. The lowest BCUT2D eigenvalue weighted by molar-refractivity contribution is 0.244. The third-order valence-corrected chi connectivity index (χ3v) is 3.33. The number of phenolic OH excluding ortho intramolecular Hbond substituents is 1. The lowest BCUT2D eigenvalue weighted by atomic mass is 10.1. The lowest BCUT2D eigenvalue weighted by Crippen LogP contribution is -2.23. The van der Waals surface area contributed by atoms with E-state index in [-0.39, 0.29) is 6.04 Å². The predicted molar refractivity (Wildman–Crippen MR) is 71.2 cm³/mol. The van der Waals surface area contributed by atoms with Crippen LogP contribution in [0.25, 0.3) is 0 Å². The Bertz CT molecular complexity index is 521. The van der Waals surface area contributed by atoms with Gasteiger partial charge in [0.25, 0.3) is 0 Å². The number of imidazole rings is 1. The minimum Gasteiger partial charge on any atom is -0.508 e. The molecule has 0 spiro atoms. The second-order valence-corrected chi connectivity index (χ2v) is 4.64. The standard InChI is InChI=1S/C14H19N3O/c1-11(12-5-4-6-13(18)9-12)17(3)10-14-15-7-8-16(14)2/h4-9,11,18H,10H2,1-3H3. The second kappa shape index (κ2) is 5.23. The Hall–Kier alpha value is -1.81. The normalized spacial score (nSPS) is 12.9. The van der Waals surface area contributed by atoms with E-state index in [0.717, 1.165) is 17.9 Å². The average molecular weight is 245 g/mol. The van der Waals surface area contributed by atoms with Gasteiger partial charge in [-0.25, -0.2) is 4.98 Å². The molecule has 1 N–H and O–H groups in total. The fraction of sp³-hybridized carbons (Fsp3) is 0.357. The van der Waals surface area contributed by atoms with Gasteiger partial charge < -0.3 is 9.67 Å². The van der Waals surface area contributed by atoms with Gasteiger partial charge in [0.2, 0.25) is 0 Å². The Labute approximate surface area is 108 Å². The van der Waals surface area contributed by atoms with Crippen LogP contribution in [-0.4, -0.2) is 26.6 Å². The molecule has 0 aliphatic carbocycles. The molecular weight excluding hydrogens is 226 g/mol. The molecule has 96 valence electrons. The highest BCUT2D eigenvalue weighted by atomic mass is 16.3. The summed E-state index contributed by atoms with van der Waals surface area (Å²) in [5.41, 5.74) is 1.10. The van der Waals surface area contributed by atoms with Crippen LogP contribution in [0.15, 0.2) is 36.7 Å². The number of aromatic nitrogens is 2. The van der Waals surface area contributed by atoms with Crippen molar-refractivity contribution < 1.29 is 5.11 Å². The van der Waals surface area contributed by atoms with Crippen molar-refractivity contribution >= 4 is 0 Å². The van der Waals surface area contributed by atoms with Crippen LogP contribution in [0.4, 0.5) is 0 Å². The third-order valence-electron chi connectivity index (χ3n) is 3.33. The summed E-state index contributed by atoms with van der Waals surface area (Å²) in [7, 11) is 4.05. The van der Waals surface area contributed by atoms with Crippen LogP contribution in [-0.2, 0) is 13.6 Å². The van der Waals surface area contributed by atoms with E-state index in [4.69, 9.17) is 0 Å². The van der Waals surface area contributed by atoms with E-state index >= 15 is 0 Å². The first-order valence-corrected chi connectivity index (χ1v) is 6.03. The molecule has 0 saturated carbocycles. The van der Waals surface area contributed by atoms with Crippen molar-refractivity contribution in [3.05, 3.63) is 48.0 Å². The quantitative estimate of drug-likeness (QED) is 0.898. The van der Waals surface area contributed by atoms with Crippen molar-refractivity contribution in [3.8, 4) is 5.75 Å². The number of benzene rings is 1. The van der Waals surface area contributed by atoms with Crippen LogP contribution in [0.1, 0.15) is 24.4 Å². The predicted octanol–water partition coefficient (Wildman–Crippen LogP) is 2.32. The van der Waals surface area contributed by atoms with Crippen molar-refractivity contribution in [2.45, 2.75) is 19.5 Å². The maximum absolute atomic E-state index is 9.51. The van der Waals surface area contributed by atoms with Gasteiger partial charge in [-0.3, -0.25) is 4.90 Å². The Kier molecular flexibility index (Phi) is 3.67. The molecule has 1 aromatic carbocycles. The molecule has 2 rings (SSSR count). The molecule has 4 nitrogen and oxygen atoms in total. The van der Waals surface area contributed by atoms with Crippen molar-refractivity contribution in [2.24, 2.45) is 7.05 Å². The summed E-state index contributed by atoms with van der Waals surface area (Å²) in [5, 5.41) is 9.51. The number of hydrogen-bond acceptors (Lipinski definition) is 3. The zero-order valence-corrected chi connectivity index (χ0v) is 11.0. The van der Waals surface area contributed by atoms with Crippen LogP contribution < -0.4 is 0 Å². The molecule has 1 aromatic heterocycles. The molecule has 1 atom stereocenters. The highest BCUT2D eigenvalue weighted by Crippen LogP contribution is 2.23. The van der Waals surface area contributed by atoms with Gasteiger partial charge in [0.1, 0.15) is 11.6 Å². The van der Waals surface area contributed by atoms with Crippen molar-refractivity contribution in [1.29, 1.82) is 0 Å². The summed E-state index contributed by atoms with van der Waals surface area (Å²) < 4.78 is 2.02. The van der Waals surface area contributed by atoms with Crippen LogP contribution in [0.3, 0.4) is 0 Å². The molecule has 0 bridgehead atoms. The molecule has 0 aliphatic heterocycles. The molecule has 18 heavy (non-hydrogen) atoms. The number of aromatic hydroxyl groups is 1. The van der Waals surface area contributed by atoms with Gasteiger partial charge in [0.05, 0.1) is 6.54 Å². The van der Waals surface area contributed by atoms with E-state index in [9.17, 15) is 5.11 Å². The maximum Gasteiger partial charge on any atom is 0.122 e. The second-order valence-electron chi connectivity index (χ2n) is 4.64. The molecule has 0 fully saturated rings. The molecule has 0 amide bonds. The molecule has 0 radical (unpaired) electrons. The maximum atomic E-state index is 9.51. The van der Waals surface area contributed by atoms with Crippen molar-refractivity contribution in [3.63, 3.8) is 0 Å². The lowest BCUT2D eigenvalue weighted by Gasteiger charge is -2.24. The van der Waals surface area contributed by atoms with Crippen LogP contribution >= 0.6 is 0 Å². The fourth-order valence-electron chi connectivity index (χ4n) is 1.95. The SMILES string of the molecule is CC(c1cccc(O)c1)N(C)Cc1nccn1C. The summed E-state index contributed by atoms with van der Waals surface area (Å²) in [6.45, 7) is 2.90. The number of aryl methyl sites for hydroxylation is 1. The molecular formula is C14H19N3O. The summed E-state index contributed by atoms with van der Waals surface area (Å²) in [6, 6.07) is 7.62. The van der Waals surface area contributed by atoms with Crippen LogP contribution in [0.2, 0.25) is 0 Å². The summed E-state index contributed by atoms with van der Waals surface area (Å²) in [4.78, 5) is 6.53. The van der Waals surface area contributed by atoms with Gasteiger partial charge in [0, 0.05) is 25.5 Å². The van der Waals surface area contributed by atoms with E-state index in [1.165, 1.54) is 0 Å². The van der Waals surface area contributed by atoms with Gasteiger partial charge in [-0.2, -0.15) is 0 Å². The Balaban J connectivity index is 2.09. The zero-order chi connectivity index (χ0) is 13.1. The highest BCUT2D eigenvalue weighted by molar-refractivity contribution is 5.29. The van der Waals surface area contributed by atoms with E-state index < -0.39 is 0 Å². The van der Waals surface area contributed by atoms with Crippen LogP contribution in [0, 0.1) is 0 Å². The Morgan fingerprint density at radius 3 is 2.83 bits per heavy atom. The van der Waals surface area contributed by atoms with Gasteiger partial charge in [0.15, 0.2) is 0 Å². The summed E-state index contributed by atoms with van der Waals surface area (Å²) >= 11 is 0. The van der Waals surface area contributed by atoms with E-state index in [1.807, 2.05) is 36.1 Å². The van der Waals surface area contributed by atoms with E-state index in [1.54, 1.807) is 12.1 Å². The summed E-state index contributed by atoms with van der Waals surface area (Å²) in [6.07, 6.45) is 3.75. The molecule has 1 unspecified atom stereocenters. The number of nitrogens with zero attached hydrogens (tertiary/aromatic N) is 3. The molecule has 2 aromatic rings. The van der Waals surface area contributed by atoms with Crippen molar-refractivity contribution in [1.82, 2.24) is 14.5 Å².